The lowest BCUT2D eigenvalue weighted by Crippen LogP contribution is -2.54. The molecule has 4 atom stereocenters. The smallest absolute Gasteiger partial charge is 0.275 e. The molecule has 0 aromatic carbocycles. The Balaban J connectivity index is 2.12. The molecule has 1 fully saturated rings. The Bertz CT molecular complexity index is 1070. The van der Waals surface area contributed by atoms with E-state index in [2.05, 4.69) is 117 Å². The van der Waals surface area contributed by atoms with Crippen molar-refractivity contribution in [2.45, 2.75) is 141 Å². The van der Waals surface area contributed by atoms with Crippen molar-refractivity contribution in [2.24, 2.45) is 0 Å². The molecule has 1 saturated heterocycles. The molecule has 0 radical (unpaired) electrons. The summed E-state index contributed by atoms with van der Waals surface area (Å²) >= 11 is 0. The molecular formula is C28H56N4O5Si3. The third-order valence-electron chi connectivity index (χ3n) is 9.96. The maximum atomic E-state index is 12.6. The Morgan fingerprint density at radius 1 is 0.850 bits per heavy atom. The lowest BCUT2D eigenvalue weighted by atomic mass is 10.1. The number of amides is 1. The molecule has 2 N–H and O–H groups in total. The zero-order chi connectivity index (χ0) is 30.7. The summed E-state index contributed by atoms with van der Waals surface area (Å²) in [5, 5.41) is 6.16. The number of anilines is 1. The molecule has 12 heteroatoms. The third kappa shape index (κ3) is 6.63. The van der Waals surface area contributed by atoms with Gasteiger partial charge in [0.25, 0.3) is 5.91 Å². The Morgan fingerprint density at radius 3 is 1.85 bits per heavy atom. The number of nitrogens with one attached hydrogen (secondary N) is 2. The average Bonchev–Trinajstić information content (AvgIpc) is 3.32. The second-order valence-corrected chi connectivity index (χ2v) is 30.4. The van der Waals surface area contributed by atoms with E-state index in [0.29, 0.717) is 24.8 Å². The van der Waals surface area contributed by atoms with Crippen LogP contribution in [0.5, 0.6) is 0 Å². The van der Waals surface area contributed by atoms with Crippen molar-refractivity contribution in [3.05, 3.63) is 12.0 Å². The van der Waals surface area contributed by atoms with E-state index in [0.717, 1.165) is 0 Å². The summed E-state index contributed by atoms with van der Waals surface area (Å²) in [6.07, 6.45) is 0.105. The van der Waals surface area contributed by atoms with E-state index in [1.165, 1.54) is 0 Å². The lowest BCUT2D eigenvalue weighted by molar-refractivity contribution is -0.0478. The van der Waals surface area contributed by atoms with Crippen LogP contribution in [0.25, 0.3) is 0 Å². The summed E-state index contributed by atoms with van der Waals surface area (Å²) < 4.78 is 30.0. The Kier molecular flexibility index (Phi) is 9.13. The number of fused-ring (bicyclic) bond motifs is 1. The molecule has 2 aliphatic rings. The van der Waals surface area contributed by atoms with Crippen LogP contribution in [0.1, 0.15) is 79.0 Å². The van der Waals surface area contributed by atoms with Gasteiger partial charge in [0.1, 0.15) is 24.1 Å². The van der Waals surface area contributed by atoms with Crippen LogP contribution < -0.4 is 10.6 Å². The van der Waals surface area contributed by atoms with Crippen LogP contribution in [-0.4, -0.2) is 72.0 Å². The topological polar surface area (TPSA) is 95.9 Å². The Labute approximate surface area is 245 Å². The van der Waals surface area contributed by atoms with Crippen LogP contribution in [0.2, 0.25) is 54.4 Å². The van der Waals surface area contributed by atoms with E-state index in [1.54, 1.807) is 6.33 Å². The minimum absolute atomic E-state index is 0.00522. The largest absolute Gasteiger partial charge is 0.414 e. The molecule has 9 nitrogen and oxygen atoms in total. The number of aromatic nitrogens is 2. The highest BCUT2D eigenvalue weighted by atomic mass is 28.4. The van der Waals surface area contributed by atoms with Gasteiger partial charge in [-0.1, -0.05) is 62.3 Å². The number of hydrogen-bond donors (Lipinski definition) is 2. The molecule has 3 rings (SSSR count). The fraction of sp³-hybridized carbons (Fsp3) is 0.857. The van der Waals surface area contributed by atoms with E-state index in [-0.39, 0.29) is 33.2 Å². The number of rotatable bonds is 8. The first-order valence-corrected chi connectivity index (χ1v) is 23.4. The van der Waals surface area contributed by atoms with Crippen LogP contribution in [0.15, 0.2) is 6.33 Å². The number of carbonyl (C=O) groups excluding carboxylic acids is 1. The minimum Gasteiger partial charge on any atom is -0.414 e. The van der Waals surface area contributed by atoms with Gasteiger partial charge >= 0.3 is 0 Å². The highest BCUT2D eigenvalue weighted by molar-refractivity contribution is 6.75. The van der Waals surface area contributed by atoms with Gasteiger partial charge in [-0.25, -0.2) is 4.98 Å². The lowest BCUT2D eigenvalue weighted by Gasteiger charge is -2.44. The molecule has 0 aliphatic carbocycles. The summed E-state index contributed by atoms with van der Waals surface area (Å²) in [5.74, 6) is 0.453. The minimum atomic E-state index is -2.27. The fourth-order valence-electron chi connectivity index (χ4n) is 4.06. The zero-order valence-corrected chi connectivity index (χ0v) is 30.7. The zero-order valence-electron chi connectivity index (χ0n) is 27.7. The maximum Gasteiger partial charge on any atom is 0.275 e. The monoisotopic (exact) mass is 612 g/mol. The van der Waals surface area contributed by atoms with Gasteiger partial charge in [0.2, 0.25) is 0 Å². The normalized spacial score (nSPS) is 25.0. The third-order valence-corrected chi connectivity index (χ3v) is 23.4. The average molecular weight is 613 g/mol. The number of ether oxygens (including phenoxy) is 1. The van der Waals surface area contributed by atoms with E-state index in [9.17, 15) is 4.79 Å². The predicted octanol–water partition coefficient (Wildman–Crippen LogP) is 6.70. The molecule has 230 valence electrons. The van der Waals surface area contributed by atoms with Crippen LogP contribution in [-0.2, 0) is 18.0 Å². The first-order chi connectivity index (χ1) is 17.9. The van der Waals surface area contributed by atoms with Crippen molar-refractivity contribution in [1.29, 1.82) is 0 Å². The molecule has 0 bridgehead atoms. The quantitative estimate of drug-likeness (QED) is 0.316. The van der Waals surface area contributed by atoms with Crippen LogP contribution in [0.3, 0.4) is 0 Å². The summed E-state index contributed by atoms with van der Waals surface area (Å²) in [7, 11) is -6.56. The fourth-order valence-corrected chi connectivity index (χ4v) is 7.68. The van der Waals surface area contributed by atoms with Crippen molar-refractivity contribution in [3.8, 4) is 0 Å². The van der Waals surface area contributed by atoms with Gasteiger partial charge in [-0.15, -0.1) is 0 Å². The highest BCUT2D eigenvalue weighted by Gasteiger charge is 2.55. The van der Waals surface area contributed by atoms with Crippen molar-refractivity contribution >= 4 is 36.7 Å². The first kappa shape index (κ1) is 33.5. The number of nitrogens with zero attached hydrogens (tertiary/aromatic N) is 2. The predicted molar refractivity (Wildman–Crippen MR) is 169 cm³/mol. The molecular weight excluding hydrogens is 557 g/mol. The summed E-state index contributed by atoms with van der Waals surface area (Å²) in [5.41, 5.74) is 0.365. The molecule has 2 aliphatic heterocycles. The molecule has 0 spiro atoms. The highest BCUT2D eigenvalue weighted by Crippen LogP contribution is 2.47. The Morgan fingerprint density at radius 2 is 1.35 bits per heavy atom. The molecule has 1 amide bonds. The van der Waals surface area contributed by atoms with Crippen LogP contribution >= 0.6 is 0 Å². The summed E-state index contributed by atoms with van der Waals surface area (Å²) in [6.45, 7) is 34.6. The number of carbonyl (C=O) groups is 1. The number of hydrogen-bond acceptors (Lipinski definition) is 7. The van der Waals surface area contributed by atoms with Gasteiger partial charge in [-0.05, 0) is 54.4 Å². The van der Waals surface area contributed by atoms with Crippen LogP contribution in [0.4, 0.5) is 5.82 Å². The summed E-state index contributed by atoms with van der Waals surface area (Å²) in [4.78, 5) is 17.0. The molecule has 0 saturated carbocycles. The van der Waals surface area contributed by atoms with Crippen LogP contribution in [0, 0.1) is 0 Å². The first-order valence-electron chi connectivity index (χ1n) is 14.6. The second-order valence-electron chi connectivity index (χ2n) is 16.0. The van der Waals surface area contributed by atoms with Gasteiger partial charge in [-0.2, -0.15) is 0 Å². The molecule has 0 unspecified atom stereocenters. The SMILES string of the molecule is CC(C)(C)[Si](C)(C)OC[C@H]1O[C@@H](n2cnc3c2NCNC3=O)[C@H](O[Si](C)(C)C(C)(C)C)[C@@H]1O[Si](C)(C)C(C)(C)C. The molecule has 1 aromatic rings. The van der Waals surface area contributed by atoms with Crippen molar-refractivity contribution < 1.29 is 22.8 Å². The van der Waals surface area contributed by atoms with Gasteiger partial charge < -0.3 is 28.6 Å². The van der Waals surface area contributed by atoms with Crippen molar-refractivity contribution in [1.82, 2.24) is 14.9 Å². The van der Waals surface area contributed by atoms with Gasteiger partial charge in [-0.3, -0.25) is 9.36 Å². The second kappa shape index (κ2) is 10.9. The summed E-state index contributed by atoms with van der Waals surface area (Å²) in [6, 6.07) is 0. The van der Waals surface area contributed by atoms with E-state index < -0.39 is 37.3 Å². The van der Waals surface area contributed by atoms with Crippen molar-refractivity contribution in [3.63, 3.8) is 0 Å². The van der Waals surface area contributed by atoms with Gasteiger partial charge in [0.15, 0.2) is 36.9 Å². The maximum absolute atomic E-state index is 12.6. The van der Waals surface area contributed by atoms with Gasteiger partial charge in [0, 0.05) is 0 Å². The van der Waals surface area contributed by atoms with E-state index in [1.807, 2.05) is 4.57 Å². The molecule has 3 heterocycles. The standard InChI is InChI=1S/C28H56N4O5Si3/c1-26(2,3)38(10,11)34-16-19-21(36-39(12,13)27(4,5)6)22(37-40(14,15)28(7,8)9)25(35-19)32-18-31-20-23(32)29-17-30-24(20)33/h18-19,21-22,25,29H,16-17H2,1-15H3,(H,30,33)/t19-,21-,22-,25-/m1/s1. The molecule has 1 aromatic heterocycles. The van der Waals surface area contributed by atoms with E-state index >= 15 is 0 Å². The number of imidazole rings is 1. The van der Waals surface area contributed by atoms with Crippen molar-refractivity contribution in [2.75, 3.05) is 18.6 Å². The molecule has 40 heavy (non-hydrogen) atoms. The van der Waals surface area contributed by atoms with Gasteiger partial charge in [0.05, 0.1) is 19.6 Å². The Hall–Kier alpha value is -1.03. The van der Waals surface area contributed by atoms with E-state index in [4.69, 9.17) is 18.0 Å².